The van der Waals surface area contributed by atoms with Crippen LogP contribution in [0.25, 0.3) is 6.08 Å². The average molecular weight is 146 g/mol. The summed E-state index contributed by atoms with van der Waals surface area (Å²) in [5.41, 5.74) is 2.50. The minimum absolute atomic E-state index is 0. The van der Waals surface area contributed by atoms with Crippen LogP contribution in [-0.4, -0.2) is 11.0 Å². The number of rotatable bonds is 1. The van der Waals surface area contributed by atoms with Crippen molar-refractivity contribution < 1.29 is 0 Å². The molecule has 0 unspecified atom stereocenters. The van der Waals surface area contributed by atoms with Gasteiger partial charge in [0.1, 0.15) is 0 Å². The van der Waals surface area contributed by atoms with E-state index < -0.39 is 0 Å². The molecule has 0 amide bonds. The van der Waals surface area contributed by atoms with Gasteiger partial charge in [0.15, 0.2) is 0 Å². The SMILES string of the molecule is C=Cc1ccccc1C.[Si]. The first-order valence-corrected chi connectivity index (χ1v) is 3.02. The van der Waals surface area contributed by atoms with Crippen LogP contribution in [0.2, 0.25) is 0 Å². The molecule has 0 heterocycles. The van der Waals surface area contributed by atoms with Gasteiger partial charge in [0.25, 0.3) is 0 Å². The molecule has 50 valence electrons. The van der Waals surface area contributed by atoms with Gasteiger partial charge in [0, 0.05) is 11.0 Å². The van der Waals surface area contributed by atoms with Crippen LogP contribution >= 0.6 is 0 Å². The highest BCUT2D eigenvalue weighted by atomic mass is 28.1. The molecule has 0 spiro atoms. The van der Waals surface area contributed by atoms with Crippen LogP contribution in [0, 0.1) is 6.92 Å². The van der Waals surface area contributed by atoms with E-state index in [9.17, 15) is 0 Å². The second-order valence-corrected chi connectivity index (χ2v) is 2.06. The summed E-state index contributed by atoms with van der Waals surface area (Å²) >= 11 is 0. The monoisotopic (exact) mass is 146 g/mol. The van der Waals surface area contributed by atoms with E-state index in [4.69, 9.17) is 0 Å². The van der Waals surface area contributed by atoms with Crippen LogP contribution in [0.1, 0.15) is 11.1 Å². The molecule has 0 N–H and O–H groups in total. The maximum absolute atomic E-state index is 3.69. The quantitative estimate of drug-likeness (QED) is 0.533. The first-order chi connectivity index (χ1) is 4.34. The molecule has 1 aromatic carbocycles. The number of hydrogen-bond acceptors (Lipinski definition) is 0. The zero-order valence-corrected chi connectivity index (χ0v) is 7.09. The fraction of sp³-hybridized carbons (Fsp3) is 0.111. The Labute approximate surface area is 66.6 Å². The first kappa shape index (κ1) is 9.18. The Morgan fingerprint density at radius 2 is 1.90 bits per heavy atom. The van der Waals surface area contributed by atoms with Crippen molar-refractivity contribution in [2.24, 2.45) is 0 Å². The third kappa shape index (κ3) is 1.85. The average Bonchev–Trinajstić information content (AvgIpc) is 1.89. The molecule has 0 fully saturated rings. The summed E-state index contributed by atoms with van der Waals surface area (Å²) < 4.78 is 0. The van der Waals surface area contributed by atoms with Gasteiger partial charge < -0.3 is 0 Å². The molecule has 0 aliphatic carbocycles. The Morgan fingerprint density at radius 1 is 1.30 bits per heavy atom. The predicted molar refractivity (Wildman–Crippen MR) is 47.0 cm³/mol. The fourth-order valence-electron chi connectivity index (χ4n) is 0.816. The molecular formula is C9H10Si. The van der Waals surface area contributed by atoms with Crippen molar-refractivity contribution in [2.45, 2.75) is 6.92 Å². The van der Waals surface area contributed by atoms with Crippen LogP contribution in [-0.2, 0) is 0 Å². The van der Waals surface area contributed by atoms with Gasteiger partial charge in [-0.05, 0) is 18.1 Å². The number of benzene rings is 1. The summed E-state index contributed by atoms with van der Waals surface area (Å²) in [6, 6.07) is 8.19. The molecule has 0 saturated heterocycles. The molecule has 1 aromatic rings. The normalized spacial score (nSPS) is 8.10. The van der Waals surface area contributed by atoms with Crippen LogP contribution in [0.3, 0.4) is 0 Å². The molecule has 0 atom stereocenters. The van der Waals surface area contributed by atoms with Crippen molar-refractivity contribution in [2.75, 3.05) is 0 Å². The number of aryl methyl sites for hydroxylation is 1. The van der Waals surface area contributed by atoms with Gasteiger partial charge in [-0.2, -0.15) is 0 Å². The van der Waals surface area contributed by atoms with Gasteiger partial charge in [0.2, 0.25) is 0 Å². The van der Waals surface area contributed by atoms with E-state index in [1.54, 1.807) is 0 Å². The summed E-state index contributed by atoms with van der Waals surface area (Å²) in [6.45, 7) is 5.77. The van der Waals surface area contributed by atoms with Gasteiger partial charge in [-0.3, -0.25) is 0 Å². The molecule has 0 bridgehead atoms. The van der Waals surface area contributed by atoms with Crippen molar-refractivity contribution >= 4 is 17.0 Å². The summed E-state index contributed by atoms with van der Waals surface area (Å²) in [5.74, 6) is 0. The minimum Gasteiger partial charge on any atom is -0.0985 e. The Balaban J connectivity index is 0.000000810. The van der Waals surface area contributed by atoms with Crippen molar-refractivity contribution in [1.29, 1.82) is 0 Å². The molecule has 4 radical (unpaired) electrons. The van der Waals surface area contributed by atoms with E-state index in [0.717, 1.165) is 0 Å². The highest BCUT2D eigenvalue weighted by Gasteiger charge is 1.86. The smallest absolute Gasteiger partial charge is 0 e. The van der Waals surface area contributed by atoms with Gasteiger partial charge in [-0.15, -0.1) is 0 Å². The highest BCUT2D eigenvalue weighted by Crippen LogP contribution is 2.06. The van der Waals surface area contributed by atoms with Crippen LogP contribution in [0.5, 0.6) is 0 Å². The van der Waals surface area contributed by atoms with Crippen LogP contribution in [0.15, 0.2) is 30.8 Å². The van der Waals surface area contributed by atoms with Gasteiger partial charge >= 0.3 is 0 Å². The Morgan fingerprint density at radius 3 is 2.30 bits per heavy atom. The van der Waals surface area contributed by atoms with Crippen LogP contribution < -0.4 is 0 Å². The molecule has 10 heavy (non-hydrogen) atoms. The lowest BCUT2D eigenvalue weighted by Gasteiger charge is -1.95. The van der Waals surface area contributed by atoms with E-state index in [-0.39, 0.29) is 11.0 Å². The van der Waals surface area contributed by atoms with E-state index in [1.807, 2.05) is 18.2 Å². The first-order valence-electron chi connectivity index (χ1n) is 3.02. The standard InChI is InChI=1S/C9H10.Si/c1-3-9-7-5-4-6-8(9)2;/h3-7H,1H2,2H3;. The lowest BCUT2D eigenvalue weighted by molar-refractivity contribution is 1.45. The molecule has 0 aliphatic rings. The van der Waals surface area contributed by atoms with Gasteiger partial charge in [-0.25, -0.2) is 0 Å². The van der Waals surface area contributed by atoms with Crippen molar-refractivity contribution in [3.8, 4) is 0 Å². The van der Waals surface area contributed by atoms with Gasteiger partial charge in [-0.1, -0.05) is 36.9 Å². The lowest BCUT2D eigenvalue weighted by Crippen LogP contribution is -1.75. The number of hydrogen-bond donors (Lipinski definition) is 0. The van der Waals surface area contributed by atoms with Crippen molar-refractivity contribution in [1.82, 2.24) is 0 Å². The van der Waals surface area contributed by atoms with E-state index in [2.05, 4.69) is 25.6 Å². The topological polar surface area (TPSA) is 0 Å². The highest BCUT2D eigenvalue weighted by molar-refractivity contribution is 5.75. The zero-order valence-electron chi connectivity index (χ0n) is 6.09. The Hall–Kier alpha value is -0.823. The van der Waals surface area contributed by atoms with Crippen LogP contribution in [0.4, 0.5) is 0 Å². The molecule has 0 nitrogen and oxygen atoms in total. The van der Waals surface area contributed by atoms with E-state index in [1.165, 1.54) is 11.1 Å². The third-order valence-corrected chi connectivity index (χ3v) is 1.41. The molecule has 0 saturated carbocycles. The molecule has 1 heteroatoms. The second kappa shape index (κ2) is 4.07. The summed E-state index contributed by atoms with van der Waals surface area (Å²) in [4.78, 5) is 0. The summed E-state index contributed by atoms with van der Waals surface area (Å²) in [5, 5.41) is 0. The fourth-order valence-corrected chi connectivity index (χ4v) is 0.816. The largest absolute Gasteiger partial charge is 0.0985 e. The van der Waals surface area contributed by atoms with Crippen molar-refractivity contribution in [3.63, 3.8) is 0 Å². The van der Waals surface area contributed by atoms with E-state index >= 15 is 0 Å². The predicted octanol–water partition coefficient (Wildman–Crippen LogP) is 2.26. The van der Waals surface area contributed by atoms with Gasteiger partial charge in [0.05, 0.1) is 0 Å². The maximum Gasteiger partial charge on any atom is 0 e. The Bertz CT molecular complexity index is 216. The molecular weight excluding hydrogens is 136 g/mol. The Kier molecular flexibility index (Phi) is 3.73. The minimum atomic E-state index is 0. The summed E-state index contributed by atoms with van der Waals surface area (Å²) in [6.07, 6.45) is 1.87. The molecule has 0 aliphatic heterocycles. The van der Waals surface area contributed by atoms with E-state index in [0.29, 0.717) is 0 Å². The molecule has 0 aromatic heterocycles. The molecule has 1 rings (SSSR count). The maximum atomic E-state index is 3.69. The summed E-state index contributed by atoms with van der Waals surface area (Å²) in [7, 11) is 0. The third-order valence-electron chi connectivity index (χ3n) is 1.41. The van der Waals surface area contributed by atoms with Crippen molar-refractivity contribution in [3.05, 3.63) is 42.0 Å². The zero-order chi connectivity index (χ0) is 6.69. The lowest BCUT2D eigenvalue weighted by atomic mass is 10.1. The second-order valence-electron chi connectivity index (χ2n) is 2.06.